The Morgan fingerprint density at radius 1 is 1.10 bits per heavy atom. The molecule has 0 bridgehead atoms. The average Bonchev–Trinajstić information content (AvgIpc) is 3.28. The first-order valence-corrected chi connectivity index (χ1v) is 9.14. The number of guanidine groups is 1. The molecule has 1 aromatic heterocycles. The highest BCUT2D eigenvalue weighted by molar-refractivity contribution is 14.0. The van der Waals surface area contributed by atoms with E-state index in [1.807, 2.05) is 47.2 Å². The van der Waals surface area contributed by atoms with Crippen LogP contribution in [-0.2, 0) is 13.1 Å². The van der Waals surface area contributed by atoms with Gasteiger partial charge in [-0.25, -0.2) is 4.98 Å². The molecule has 2 aromatic carbocycles. The molecule has 0 fully saturated rings. The summed E-state index contributed by atoms with van der Waals surface area (Å²) in [5.41, 5.74) is 3.30. The van der Waals surface area contributed by atoms with Gasteiger partial charge in [0.1, 0.15) is 12.4 Å². The van der Waals surface area contributed by atoms with E-state index in [0.29, 0.717) is 19.7 Å². The number of para-hydroxylation sites is 2. The van der Waals surface area contributed by atoms with E-state index in [4.69, 9.17) is 4.74 Å². The molecule has 0 aliphatic heterocycles. The number of ether oxygens (including phenoxy) is 1. The molecule has 1 heterocycles. The molecule has 0 unspecified atom stereocenters. The molecule has 0 atom stereocenters. The van der Waals surface area contributed by atoms with Crippen LogP contribution in [0, 0.1) is 0 Å². The van der Waals surface area contributed by atoms with Crippen molar-refractivity contribution in [1.82, 2.24) is 20.2 Å². The van der Waals surface area contributed by atoms with Crippen LogP contribution in [0.5, 0.6) is 5.75 Å². The van der Waals surface area contributed by atoms with Crippen LogP contribution in [0.4, 0.5) is 0 Å². The van der Waals surface area contributed by atoms with Gasteiger partial charge in [-0.2, -0.15) is 0 Å². The molecule has 0 aliphatic rings. The average molecular weight is 503 g/mol. The smallest absolute Gasteiger partial charge is 0.191 e. The Balaban J connectivity index is 0.00000300. The van der Waals surface area contributed by atoms with Crippen LogP contribution < -0.4 is 15.4 Å². The fourth-order valence-corrected chi connectivity index (χ4v) is 2.83. The first kappa shape index (κ1) is 22.5. The third-order valence-electron chi connectivity index (χ3n) is 4.22. The van der Waals surface area contributed by atoms with Crippen molar-refractivity contribution < 1.29 is 4.74 Å². The molecule has 6 nitrogen and oxygen atoms in total. The molecular formula is C22H26IN5O. The maximum Gasteiger partial charge on any atom is 0.191 e. The van der Waals surface area contributed by atoms with Gasteiger partial charge >= 0.3 is 0 Å². The minimum atomic E-state index is 0. The Morgan fingerprint density at radius 2 is 1.79 bits per heavy atom. The van der Waals surface area contributed by atoms with Gasteiger partial charge in [-0.05, 0) is 17.7 Å². The first-order valence-electron chi connectivity index (χ1n) is 9.14. The summed E-state index contributed by atoms with van der Waals surface area (Å²) >= 11 is 0. The number of imidazole rings is 1. The predicted octanol–water partition coefficient (Wildman–Crippen LogP) is 3.92. The number of rotatable bonds is 8. The molecule has 0 aliphatic carbocycles. The first-order chi connectivity index (χ1) is 13.8. The quantitative estimate of drug-likeness (QED) is 0.212. The van der Waals surface area contributed by atoms with E-state index >= 15 is 0 Å². The number of nitrogens with zero attached hydrogens (tertiary/aromatic N) is 3. The highest BCUT2D eigenvalue weighted by Crippen LogP contribution is 2.18. The lowest BCUT2D eigenvalue weighted by Gasteiger charge is -2.16. The molecule has 0 spiro atoms. The van der Waals surface area contributed by atoms with Crippen molar-refractivity contribution in [3.63, 3.8) is 0 Å². The molecular weight excluding hydrogens is 477 g/mol. The minimum Gasteiger partial charge on any atom is -0.489 e. The van der Waals surface area contributed by atoms with Crippen LogP contribution in [-0.4, -0.2) is 29.2 Å². The highest BCUT2D eigenvalue weighted by Gasteiger charge is 2.07. The summed E-state index contributed by atoms with van der Waals surface area (Å²) in [4.78, 5) is 8.45. The van der Waals surface area contributed by atoms with Gasteiger partial charge in [0.15, 0.2) is 5.96 Å². The number of nitrogens with one attached hydrogen (secondary N) is 2. The molecule has 0 radical (unpaired) electrons. The van der Waals surface area contributed by atoms with Crippen molar-refractivity contribution in [3.8, 4) is 11.4 Å². The normalized spacial score (nSPS) is 10.7. The third-order valence-corrected chi connectivity index (χ3v) is 4.22. The molecule has 0 saturated heterocycles. The maximum absolute atomic E-state index is 5.71. The number of aromatic nitrogens is 2. The molecule has 152 valence electrons. The Hall–Kier alpha value is -2.81. The summed E-state index contributed by atoms with van der Waals surface area (Å²) in [6.45, 7) is 5.43. The van der Waals surface area contributed by atoms with Gasteiger partial charge < -0.3 is 19.9 Å². The van der Waals surface area contributed by atoms with E-state index in [2.05, 4.69) is 39.3 Å². The van der Waals surface area contributed by atoms with Crippen molar-refractivity contribution in [2.75, 3.05) is 13.7 Å². The monoisotopic (exact) mass is 503 g/mol. The van der Waals surface area contributed by atoms with Crippen LogP contribution in [0.25, 0.3) is 5.69 Å². The molecule has 3 rings (SSSR count). The molecule has 0 saturated carbocycles. The number of halogens is 1. The van der Waals surface area contributed by atoms with Crippen molar-refractivity contribution in [2.24, 2.45) is 4.99 Å². The predicted molar refractivity (Wildman–Crippen MR) is 128 cm³/mol. The molecule has 2 N–H and O–H groups in total. The molecule has 7 heteroatoms. The van der Waals surface area contributed by atoms with Crippen LogP contribution in [0.3, 0.4) is 0 Å². The summed E-state index contributed by atoms with van der Waals surface area (Å²) in [5, 5.41) is 6.71. The Bertz CT molecular complexity index is 924. The van der Waals surface area contributed by atoms with E-state index in [-0.39, 0.29) is 24.0 Å². The number of aliphatic imine (C=N–C) groups is 1. The van der Waals surface area contributed by atoms with Gasteiger partial charge in [0.05, 0.1) is 12.0 Å². The van der Waals surface area contributed by atoms with Gasteiger partial charge in [0.25, 0.3) is 0 Å². The van der Waals surface area contributed by atoms with Crippen molar-refractivity contribution in [3.05, 3.63) is 91.0 Å². The van der Waals surface area contributed by atoms with Crippen molar-refractivity contribution >= 4 is 29.9 Å². The Kier molecular flexibility index (Phi) is 9.23. The summed E-state index contributed by atoms with van der Waals surface area (Å²) in [6, 6.07) is 16.2. The molecule has 3 aromatic rings. The zero-order chi connectivity index (χ0) is 19.6. The maximum atomic E-state index is 5.71. The second-order valence-electron chi connectivity index (χ2n) is 6.09. The van der Waals surface area contributed by atoms with Crippen LogP contribution in [0.15, 0.2) is 84.9 Å². The fraction of sp³-hybridized carbons (Fsp3) is 0.182. The SMILES string of the molecule is C=CCOc1ccccc1CNC(=NC)NCc1ccccc1-n1ccnc1.I. The van der Waals surface area contributed by atoms with Gasteiger partial charge in [0, 0.05) is 38.1 Å². The van der Waals surface area contributed by atoms with Crippen LogP contribution in [0.2, 0.25) is 0 Å². The third kappa shape index (κ3) is 6.35. The van der Waals surface area contributed by atoms with Gasteiger partial charge in [-0.15, -0.1) is 24.0 Å². The van der Waals surface area contributed by atoms with Crippen LogP contribution >= 0.6 is 24.0 Å². The van der Waals surface area contributed by atoms with Gasteiger partial charge in [-0.3, -0.25) is 4.99 Å². The number of benzene rings is 2. The Labute approximate surface area is 188 Å². The van der Waals surface area contributed by atoms with Crippen LogP contribution in [0.1, 0.15) is 11.1 Å². The molecule has 29 heavy (non-hydrogen) atoms. The molecule has 0 amide bonds. The zero-order valence-corrected chi connectivity index (χ0v) is 18.7. The van der Waals surface area contributed by atoms with Gasteiger partial charge in [0.2, 0.25) is 0 Å². The lowest BCUT2D eigenvalue weighted by Crippen LogP contribution is -2.36. The highest BCUT2D eigenvalue weighted by atomic mass is 127. The zero-order valence-electron chi connectivity index (χ0n) is 16.4. The standard InChI is InChI=1S/C22H25N5O.HI/c1-3-14-28-21-11-7-5-9-19(21)16-26-22(23-2)25-15-18-8-4-6-10-20(18)27-13-12-24-17-27;/h3-13,17H,1,14-16H2,2H3,(H2,23,25,26);1H. The number of hydrogen-bond donors (Lipinski definition) is 2. The summed E-state index contributed by atoms with van der Waals surface area (Å²) in [5.74, 6) is 1.56. The summed E-state index contributed by atoms with van der Waals surface area (Å²) < 4.78 is 7.71. The van der Waals surface area contributed by atoms with E-state index in [9.17, 15) is 0 Å². The van der Waals surface area contributed by atoms with Crippen molar-refractivity contribution in [1.29, 1.82) is 0 Å². The van der Waals surface area contributed by atoms with Crippen molar-refractivity contribution in [2.45, 2.75) is 13.1 Å². The summed E-state index contributed by atoms with van der Waals surface area (Å²) in [7, 11) is 1.76. The lowest BCUT2D eigenvalue weighted by molar-refractivity contribution is 0.358. The topological polar surface area (TPSA) is 63.5 Å². The largest absolute Gasteiger partial charge is 0.489 e. The second-order valence-corrected chi connectivity index (χ2v) is 6.09. The van der Waals surface area contributed by atoms with E-state index < -0.39 is 0 Å². The Morgan fingerprint density at radius 3 is 2.48 bits per heavy atom. The summed E-state index contributed by atoms with van der Waals surface area (Å²) in [6.07, 6.45) is 7.25. The lowest BCUT2D eigenvalue weighted by atomic mass is 10.1. The van der Waals surface area contributed by atoms with E-state index in [1.165, 1.54) is 0 Å². The van der Waals surface area contributed by atoms with E-state index in [0.717, 1.165) is 28.5 Å². The van der Waals surface area contributed by atoms with Gasteiger partial charge in [-0.1, -0.05) is 49.1 Å². The van der Waals surface area contributed by atoms with E-state index in [1.54, 1.807) is 25.6 Å². The number of hydrogen-bond acceptors (Lipinski definition) is 3. The fourth-order valence-electron chi connectivity index (χ4n) is 2.83. The second kappa shape index (κ2) is 11.9. The minimum absolute atomic E-state index is 0.